The molecule has 9 heteroatoms. The third-order valence-corrected chi connectivity index (χ3v) is 2.89. The largest absolute Gasteiger partial charge is 0.487 e. The Bertz CT molecular complexity index is 586. The van der Waals surface area contributed by atoms with Gasteiger partial charge in [-0.25, -0.2) is 4.79 Å². The Kier molecular flexibility index (Phi) is 4.99. The normalized spacial score (nSPS) is 12.6. The van der Waals surface area contributed by atoms with Crippen molar-refractivity contribution < 1.29 is 33.4 Å². The molecule has 0 atom stereocenters. The number of nitro benzene ring substituents is 1. The predicted octanol–water partition coefficient (Wildman–Crippen LogP) is 1.18. The minimum atomic E-state index is -0.878. The molecule has 1 heterocycles. The molecule has 0 fully saturated rings. The van der Waals surface area contributed by atoms with Gasteiger partial charge in [0.2, 0.25) is 5.75 Å². The van der Waals surface area contributed by atoms with E-state index in [9.17, 15) is 14.9 Å². The molecule has 1 aliphatic heterocycles. The molecule has 22 heavy (non-hydrogen) atoms. The van der Waals surface area contributed by atoms with Crippen LogP contribution < -0.4 is 14.2 Å². The van der Waals surface area contributed by atoms with Crippen LogP contribution in [0.3, 0.4) is 0 Å². The molecule has 0 radical (unpaired) electrons. The van der Waals surface area contributed by atoms with Crippen LogP contribution in [0.15, 0.2) is 6.07 Å². The second-order valence-corrected chi connectivity index (χ2v) is 4.21. The number of ether oxygens (including phenoxy) is 5. The van der Waals surface area contributed by atoms with Crippen molar-refractivity contribution in [2.45, 2.75) is 0 Å². The molecule has 1 aromatic rings. The Morgan fingerprint density at radius 2 is 1.95 bits per heavy atom. The summed E-state index contributed by atoms with van der Waals surface area (Å²) in [5.41, 5.74) is -0.759. The summed E-state index contributed by atoms with van der Waals surface area (Å²) >= 11 is 0. The summed E-state index contributed by atoms with van der Waals surface area (Å²) in [5, 5.41) is 11.2. The van der Waals surface area contributed by atoms with Crippen molar-refractivity contribution in [3.8, 4) is 17.2 Å². The number of rotatable bonds is 6. The SMILES string of the molecule is COCCOc1cc([N+](=O)[O-])c(C(=O)OC)c2c1OCCO2. The topological polar surface area (TPSA) is 106 Å². The van der Waals surface area contributed by atoms with Crippen molar-refractivity contribution in [2.24, 2.45) is 0 Å². The number of hydrogen-bond acceptors (Lipinski definition) is 8. The van der Waals surface area contributed by atoms with Gasteiger partial charge in [-0.3, -0.25) is 10.1 Å². The van der Waals surface area contributed by atoms with E-state index in [1.165, 1.54) is 7.11 Å². The number of carbonyl (C=O) groups excluding carboxylic acids is 1. The maximum atomic E-state index is 11.9. The Labute approximate surface area is 125 Å². The van der Waals surface area contributed by atoms with Gasteiger partial charge in [0.05, 0.1) is 24.7 Å². The van der Waals surface area contributed by atoms with Gasteiger partial charge in [-0.1, -0.05) is 0 Å². The highest BCUT2D eigenvalue weighted by atomic mass is 16.6. The summed E-state index contributed by atoms with van der Waals surface area (Å²) in [6.07, 6.45) is 0. The van der Waals surface area contributed by atoms with Gasteiger partial charge >= 0.3 is 5.97 Å². The van der Waals surface area contributed by atoms with E-state index in [0.29, 0.717) is 6.61 Å². The van der Waals surface area contributed by atoms with Crippen molar-refractivity contribution in [1.29, 1.82) is 0 Å². The molecule has 9 nitrogen and oxygen atoms in total. The Hall–Kier alpha value is -2.55. The molecule has 0 unspecified atom stereocenters. The zero-order chi connectivity index (χ0) is 16.1. The molecular weight excluding hydrogens is 298 g/mol. The fraction of sp³-hybridized carbons (Fsp3) is 0.462. The molecule has 0 amide bonds. The third-order valence-electron chi connectivity index (χ3n) is 2.89. The second-order valence-electron chi connectivity index (χ2n) is 4.21. The first-order valence-electron chi connectivity index (χ1n) is 6.41. The number of nitro groups is 1. The summed E-state index contributed by atoms with van der Waals surface area (Å²) in [7, 11) is 2.63. The number of fused-ring (bicyclic) bond motifs is 1. The first-order chi connectivity index (χ1) is 10.6. The first-order valence-corrected chi connectivity index (χ1v) is 6.41. The van der Waals surface area contributed by atoms with Gasteiger partial charge in [-0.05, 0) is 0 Å². The maximum absolute atomic E-state index is 11.9. The minimum absolute atomic E-state index is 0.0419. The zero-order valence-corrected chi connectivity index (χ0v) is 12.1. The molecule has 0 aromatic heterocycles. The fourth-order valence-corrected chi connectivity index (χ4v) is 1.95. The van der Waals surface area contributed by atoms with Crippen LogP contribution in [0, 0.1) is 10.1 Å². The van der Waals surface area contributed by atoms with Gasteiger partial charge < -0.3 is 23.7 Å². The molecule has 0 saturated carbocycles. The summed E-state index contributed by atoms with van der Waals surface area (Å²) in [6, 6.07) is 1.12. The molecule has 0 saturated heterocycles. The quantitative estimate of drug-likeness (QED) is 0.333. The van der Waals surface area contributed by atoms with E-state index < -0.39 is 16.6 Å². The smallest absolute Gasteiger partial charge is 0.348 e. The van der Waals surface area contributed by atoms with Crippen LogP contribution in [-0.4, -0.2) is 51.5 Å². The van der Waals surface area contributed by atoms with Crippen LogP contribution in [0.2, 0.25) is 0 Å². The molecular formula is C13H15NO8. The van der Waals surface area contributed by atoms with Gasteiger partial charge in [0.15, 0.2) is 17.1 Å². The van der Waals surface area contributed by atoms with E-state index in [0.717, 1.165) is 13.2 Å². The standard InChI is InChI=1S/C13H15NO8/c1-18-3-4-20-9-7-8(14(16)17)10(13(15)19-2)12-11(9)21-5-6-22-12/h7H,3-6H2,1-2H3. The van der Waals surface area contributed by atoms with E-state index in [1.54, 1.807) is 0 Å². The number of nitrogens with zero attached hydrogens (tertiary/aromatic N) is 1. The first kappa shape index (κ1) is 15.8. The van der Waals surface area contributed by atoms with E-state index in [-0.39, 0.29) is 42.6 Å². The van der Waals surface area contributed by atoms with Gasteiger partial charge in [-0.15, -0.1) is 0 Å². The molecule has 0 N–H and O–H groups in total. The van der Waals surface area contributed by atoms with E-state index in [2.05, 4.69) is 4.74 Å². The van der Waals surface area contributed by atoms with Gasteiger partial charge in [-0.2, -0.15) is 0 Å². The Morgan fingerprint density at radius 1 is 1.27 bits per heavy atom. The average molecular weight is 313 g/mol. The molecule has 0 aliphatic carbocycles. The summed E-state index contributed by atoms with van der Waals surface area (Å²) in [6.45, 7) is 0.866. The van der Waals surface area contributed by atoms with Crippen LogP contribution in [0.1, 0.15) is 10.4 Å². The van der Waals surface area contributed by atoms with Gasteiger partial charge in [0.25, 0.3) is 5.69 Å². The van der Waals surface area contributed by atoms with Gasteiger partial charge in [0, 0.05) is 7.11 Å². The Morgan fingerprint density at radius 3 is 2.55 bits per heavy atom. The van der Waals surface area contributed by atoms with Crippen molar-refractivity contribution >= 4 is 11.7 Å². The summed E-state index contributed by atoms with van der Waals surface area (Å²) < 4.78 is 25.7. The van der Waals surface area contributed by atoms with E-state index in [4.69, 9.17) is 18.9 Å². The lowest BCUT2D eigenvalue weighted by atomic mass is 10.1. The highest BCUT2D eigenvalue weighted by molar-refractivity contribution is 5.99. The van der Waals surface area contributed by atoms with Crippen molar-refractivity contribution in [3.63, 3.8) is 0 Å². The third kappa shape index (κ3) is 3.03. The molecule has 0 bridgehead atoms. The monoisotopic (exact) mass is 313 g/mol. The number of benzene rings is 1. The lowest BCUT2D eigenvalue weighted by Gasteiger charge is -2.22. The van der Waals surface area contributed by atoms with Crippen LogP contribution in [0.5, 0.6) is 17.2 Å². The van der Waals surface area contributed by atoms with Crippen LogP contribution in [-0.2, 0) is 9.47 Å². The predicted molar refractivity (Wildman–Crippen MR) is 72.8 cm³/mol. The highest BCUT2D eigenvalue weighted by Gasteiger charge is 2.34. The molecule has 2 rings (SSSR count). The van der Waals surface area contributed by atoms with Crippen LogP contribution in [0.4, 0.5) is 5.69 Å². The second kappa shape index (κ2) is 6.94. The Balaban J connectivity index is 2.54. The molecule has 0 spiro atoms. The minimum Gasteiger partial charge on any atom is -0.487 e. The molecule has 1 aliphatic rings. The summed E-state index contributed by atoms with van der Waals surface area (Å²) in [4.78, 5) is 22.4. The lowest BCUT2D eigenvalue weighted by Crippen LogP contribution is -2.20. The number of esters is 1. The van der Waals surface area contributed by atoms with Crippen LogP contribution >= 0.6 is 0 Å². The lowest BCUT2D eigenvalue weighted by molar-refractivity contribution is -0.385. The van der Waals surface area contributed by atoms with E-state index in [1.807, 2.05) is 0 Å². The van der Waals surface area contributed by atoms with Crippen molar-refractivity contribution in [1.82, 2.24) is 0 Å². The number of methoxy groups -OCH3 is 2. The summed E-state index contributed by atoms with van der Waals surface area (Å²) in [5.74, 6) is -0.656. The highest BCUT2D eigenvalue weighted by Crippen LogP contribution is 2.46. The maximum Gasteiger partial charge on any atom is 0.348 e. The fourth-order valence-electron chi connectivity index (χ4n) is 1.95. The van der Waals surface area contributed by atoms with Crippen LogP contribution in [0.25, 0.3) is 0 Å². The molecule has 1 aromatic carbocycles. The number of hydrogen-bond donors (Lipinski definition) is 0. The number of carbonyl (C=O) groups is 1. The molecule has 120 valence electrons. The van der Waals surface area contributed by atoms with Gasteiger partial charge in [0.1, 0.15) is 19.8 Å². The van der Waals surface area contributed by atoms with Crippen molar-refractivity contribution in [3.05, 3.63) is 21.7 Å². The average Bonchev–Trinajstić information content (AvgIpc) is 2.53. The zero-order valence-electron chi connectivity index (χ0n) is 12.1. The van der Waals surface area contributed by atoms with Crippen molar-refractivity contribution in [2.75, 3.05) is 40.6 Å². The van der Waals surface area contributed by atoms with E-state index >= 15 is 0 Å².